The van der Waals surface area contributed by atoms with Crippen LogP contribution in [-0.4, -0.2) is 18.9 Å². The Morgan fingerprint density at radius 1 is 1.50 bits per heavy atom. The smallest absolute Gasteiger partial charge is 0.225 e. The van der Waals surface area contributed by atoms with Crippen LogP contribution in [0.2, 0.25) is 0 Å². The van der Waals surface area contributed by atoms with E-state index in [-0.39, 0.29) is 5.91 Å². The second-order valence-electron chi connectivity index (χ2n) is 2.69. The normalized spacial score (nSPS) is 9.57. The zero-order chi connectivity index (χ0) is 10.4. The maximum absolute atomic E-state index is 11.2. The molecule has 14 heavy (non-hydrogen) atoms. The first-order valence-corrected chi connectivity index (χ1v) is 4.80. The number of ether oxygens (including phenoxy) is 1. The average molecular weight is 214 g/mol. The Morgan fingerprint density at radius 3 is 2.86 bits per heavy atom. The van der Waals surface area contributed by atoms with Crippen molar-refractivity contribution in [2.24, 2.45) is 0 Å². The molecule has 0 fully saturated rings. The number of nitrogens with one attached hydrogen (secondary N) is 1. The lowest BCUT2D eigenvalue weighted by Gasteiger charge is -2.08. The topological polar surface area (TPSA) is 38.3 Å². The number of benzene rings is 1. The van der Waals surface area contributed by atoms with Gasteiger partial charge in [-0.2, -0.15) is 0 Å². The molecule has 0 spiro atoms. The third kappa shape index (κ3) is 2.92. The van der Waals surface area contributed by atoms with Gasteiger partial charge in [-0.3, -0.25) is 4.79 Å². The maximum Gasteiger partial charge on any atom is 0.225 e. The molecule has 0 saturated carbocycles. The molecule has 1 aromatic rings. The molecule has 0 heterocycles. The molecule has 0 atom stereocenters. The largest absolute Gasteiger partial charge is 0.495 e. The van der Waals surface area contributed by atoms with Gasteiger partial charge in [0.25, 0.3) is 0 Å². The highest BCUT2D eigenvalue weighted by molar-refractivity contribution is 6.19. The lowest BCUT2D eigenvalue weighted by molar-refractivity contribution is -0.115. The quantitative estimate of drug-likeness (QED) is 0.780. The second-order valence-corrected chi connectivity index (χ2v) is 3.07. The minimum absolute atomic E-state index is 0.107. The van der Waals surface area contributed by atoms with Gasteiger partial charge in [-0.1, -0.05) is 12.1 Å². The molecule has 1 aromatic carbocycles. The summed E-state index contributed by atoms with van der Waals surface area (Å²) in [5, 5.41) is 2.71. The van der Waals surface area contributed by atoms with Crippen LogP contribution in [0.1, 0.15) is 6.42 Å². The van der Waals surface area contributed by atoms with Crippen LogP contribution in [0.4, 0.5) is 5.69 Å². The summed E-state index contributed by atoms with van der Waals surface area (Å²) in [6.07, 6.45) is 0.305. The van der Waals surface area contributed by atoms with Gasteiger partial charge >= 0.3 is 0 Å². The first kappa shape index (κ1) is 10.9. The Bertz CT molecular complexity index is 315. The molecule has 1 rings (SSSR count). The standard InChI is InChI=1S/C10H12ClNO2/c1-14-9-5-3-2-4-8(9)12-10(13)6-7-11/h2-5H,6-7H2,1H3,(H,12,13). The molecule has 1 amide bonds. The van der Waals surface area contributed by atoms with Gasteiger partial charge < -0.3 is 10.1 Å². The van der Waals surface area contributed by atoms with E-state index in [9.17, 15) is 4.79 Å². The molecule has 0 unspecified atom stereocenters. The van der Waals surface area contributed by atoms with Crippen LogP contribution in [0.5, 0.6) is 5.75 Å². The first-order chi connectivity index (χ1) is 6.77. The van der Waals surface area contributed by atoms with Crippen molar-refractivity contribution >= 4 is 23.2 Å². The molecule has 0 aliphatic rings. The Kier molecular flexibility index (Phi) is 4.26. The molecule has 3 nitrogen and oxygen atoms in total. The van der Waals surface area contributed by atoms with E-state index < -0.39 is 0 Å². The summed E-state index contributed by atoms with van der Waals surface area (Å²) in [6.45, 7) is 0. The van der Waals surface area contributed by atoms with Crippen molar-refractivity contribution in [3.05, 3.63) is 24.3 Å². The minimum atomic E-state index is -0.107. The number of carbonyl (C=O) groups excluding carboxylic acids is 1. The highest BCUT2D eigenvalue weighted by atomic mass is 35.5. The summed E-state index contributed by atoms with van der Waals surface area (Å²) < 4.78 is 5.08. The van der Waals surface area contributed by atoms with E-state index in [1.165, 1.54) is 0 Å². The molecule has 76 valence electrons. The lowest BCUT2D eigenvalue weighted by Crippen LogP contribution is -2.12. The fraction of sp³-hybridized carbons (Fsp3) is 0.300. The summed E-state index contributed by atoms with van der Waals surface area (Å²) in [4.78, 5) is 11.2. The van der Waals surface area contributed by atoms with Crippen LogP contribution >= 0.6 is 11.6 Å². The van der Waals surface area contributed by atoms with E-state index in [0.29, 0.717) is 23.7 Å². The summed E-state index contributed by atoms with van der Waals surface area (Å²) in [7, 11) is 1.56. The highest BCUT2D eigenvalue weighted by Crippen LogP contribution is 2.22. The number of anilines is 1. The molecule has 0 aliphatic heterocycles. The third-order valence-corrected chi connectivity index (χ3v) is 1.89. The van der Waals surface area contributed by atoms with Crippen molar-refractivity contribution in [3.63, 3.8) is 0 Å². The summed E-state index contributed by atoms with van der Waals surface area (Å²) in [6, 6.07) is 7.25. The molecular formula is C10H12ClNO2. The fourth-order valence-corrected chi connectivity index (χ4v) is 1.22. The van der Waals surface area contributed by atoms with Gasteiger partial charge in [0.05, 0.1) is 12.8 Å². The highest BCUT2D eigenvalue weighted by Gasteiger charge is 2.05. The Hall–Kier alpha value is -1.22. The number of amides is 1. The van der Waals surface area contributed by atoms with Crippen LogP contribution < -0.4 is 10.1 Å². The van der Waals surface area contributed by atoms with Gasteiger partial charge in [0.1, 0.15) is 5.75 Å². The van der Waals surface area contributed by atoms with Crippen LogP contribution in [0, 0.1) is 0 Å². The van der Waals surface area contributed by atoms with Crippen LogP contribution in [0.3, 0.4) is 0 Å². The van der Waals surface area contributed by atoms with E-state index in [2.05, 4.69) is 5.32 Å². The van der Waals surface area contributed by atoms with Gasteiger partial charge in [-0.25, -0.2) is 0 Å². The van der Waals surface area contributed by atoms with E-state index in [1.54, 1.807) is 19.2 Å². The van der Waals surface area contributed by atoms with Crippen molar-refractivity contribution in [1.29, 1.82) is 0 Å². The first-order valence-electron chi connectivity index (χ1n) is 4.26. The summed E-state index contributed by atoms with van der Waals surface area (Å²) >= 11 is 5.44. The number of para-hydroxylation sites is 2. The predicted octanol–water partition coefficient (Wildman–Crippen LogP) is 2.26. The maximum atomic E-state index is 11.2. The van der Waals surface area contributed by atoms with Crippen LogP contribution in [-0.2, 0) is 4.79 Å². The van der Waals surface area contributed by atoms with Gasteiger partial charge in [0, 0.05) is 12.3 Å². The zero-order valence-electron chi connectivity index (χ0n) is 7.92. The Balaban J connectivity index is 2.70. The zero-order valence-corrected chi connectivity index (χ0v) is 8.67. The van der Waals surface area contributed by atoms with Crippen LogP contribution in [0.25, 0.3) is 0 Å². The fourth-order valence-electron chi connectivity index (χ4n) is 1.05. The molecule has 0 radical (unpaired) electrons. The third-order valence-electron chi connectivity index (χ3n) is 1.70. The minimum Gasteiger partial charge on any atom is -0.495 e. The van der Waals surface area contributed by atoms with Crippen molar-refractivity contribution in [1.82, 2.24) is 0 Å². The monoisotopic (exact) mass is 213 g/mol. The van der Waals surface area contributed by atoms with Gasteiger partial charge in [0.2, 0.25) is 5.91 Å². The number of carbonyl (C=O) groups is 1. The predicted molar refractivity (Wildman–Crippen MR) is 57.0 cm³/mol. The van der Waals surface area contributed by atoms with Gasteiger partial charge in [-0.15, -0.1) is 11.6 Å². The number of hydrogen-bond donors (Lipinski definition) is 1. The number of alkyl halides is 1. The summed E-state index contributed by atoms with van der Waals surface area (Å²) in [5.41, 5.74) is 0.671. The van der Waals surface area contributed by atoms with E-state index in [1.807, 2.05) is 12.1 Å². The average Bonchev–Trinajstić information content (AvgIpc) is 2.19. The molecule has 1 N–H and O–H groups in total. The second kappa shape index (κ2) is 5.50. The SMILES string of the molecule is COc1ccccc1NC(=O)CCCl. The number of hydrogen-bond acceptors (Lipinski definition) is 2. The molecule has 0 saturated heterocycles. The van der Waals surface area contributed by atoms with E-state index >= 15 is 0 Å². The van der Waals surface area contributed by atoms with E-state index in [4.69, 9.17) is 16.3 Å². The lowest BCUT2D eigenvalue weighted by atomic mass is 10.3. The molecule has 4 heteroatoms. The molecule has 0 aromatic heterocycles. The number of methoxy groups -OCH3 is 1. The number of halogens is 1. The molecular weight excluding hydrogens is 202 g/mol. The van der Waals surface area contributed by atoms with Crippen molar-refractivity contribution in [2.45, 2.75) is 6.42 Å². The van der Waals surface area contributed by atoms with Gasteiger partial charge in [0.15, 0.2) is 0 Å². The molecule has 0 aliphatic carbocycles. The Labute approximate surface area is 88.0 Å². The van der Waals surface area contributed by atoms with Crippen molar-refractivity contribution in [3.8, 4) is 5.75 Å². The van der Waals surface area contributed by atoms with Crippen molar-refractivity contribution in [2.75, 3.05) is 18.3 Å². The van der Waals surface area contributed by atoms with E-state index in [0.717, 1.165) is 0 Å². The van der Waals surface area contributed by atoms with Gasteiger partial charge in [-0.05, 0) is 12.1 Å². The Morgan fingerprint density at radius 2 is 2.21 bits per heavy atom. The number of rotatable bonds is 4. The molecule has 0 bridgehead atoms. The summed E-state index contributed by atoms with van der Waals surface area (Å²) in [5.74, 6) is 0.862. The van der Waals surface area contributed by atoms with Crippen LogP contribution in [0.15, 0.2) is 24.3 Å². The van der Waals surface area contributed by atoms with Crippen molar-refractivity contribution < 1.29 is 9.53 Å².